The molecule has 5 fully saturated rings. The van der Waals surface area contributed by atoms with Crippen molar-refractivity contribution in [1.82, 2.24) is 39.6 Å². The molecule has 322 valence electrons. The smallest absolute Gasteiger partial charge is 0.311 e. The van der Waals surface area contributed by atoms with Crippen LogP contribution in [0.4, 0.5) is 22.6 Å². The highest BCUT2D eigenvalue weighted by molar-refractivity contribution is 7.90. The van der Waals surface area contributed by atoms with Crippen LogP contribution in [0, 0.1) is 42.9 Å². The molecule has 4 bridgehead atoms. The predicted octanol–water partition coefficient (Wildman–Crippen LogP) is 7.02. The largest absolute Gasteiger partial charge is 0.465 e. The molecule has 1 amide bonds. The number of pyridine rings is 1. The number of aromatic nitrogens is 6. The molecule has 4 saturated carbocycles. The fraction of sp³-hybridized carbons (Fsp3) is 0.523. The molecule has 10 rings (SSSR count). The van der Waals surface area contributed by atoms with Gasteiger partial charge in [-0.25, -0.2) is 23.1 Å². The molecule has 0 unspecified atom stereocenters. The van der Waals surface area contributed by atoms with Crippen molar-refractivity contribution in [2.75, 3.05) is 49.3 Å². The summed E-state index contributed by atoms with van der Waals surface area (Å²) in [5, 5.41) is 17.8. The van der Waals surface area contributed by atoms with Crippen molar-refractivity contribution in [1.29, 1.82) is 0 Å². The molecule has 0 radical (unpaired) electrons. The molecule has 0 spiro atoms. The molecular formula is C44H54N10O5S2. The standard InChI is InChI=1S/C44H54N10O5S2/c1-5-6-14-59-42(56)32-24-53(25-32)13-15-61(57,58)51-41(55)39-33(34-23-45-54(28(34)3)26-44-20-29-17-30(21-44)19-31(18-29)22-44)11-12-37(47-39)52(4)38-16-27(2)40(50-49-38)48-43-46-35-9-7-8-10-36(35)60-43/h7-12,16,23,29-32H,5-6,13-15,17-22,24-26H2,1-4H3,(H,51,55)(H,46,48,50). The van der Waals surface area contributed by atoms with Gasteiger partial charge < -0.3 is 19.9 Å². The first-order valence-electron chi connectivity index (χ1n) is 21.5. The lowest BCUT2D eigenvalue weighted by atomic mass is 9.49. The number of nitrogens with one attached hydrogen (secondary N) is 2. The average Bonchev–Trinajstić information content (AvgIpc) is 3.78. The van der Waals surface area contributed by atoms with Crippen LogP contribution in [-0.4, -0.2) is 94.2 Å². The summed E-state index contributed by atoms with van der Waals surface area (Å²) in [5.41, 5.74) is 4.05. The van der Waals surface area contributed by atoms with Crippen LogP contribution in [0.3, 0.4) is 0 Å². The van der Waals surface area contributed by atoms with Gasteiger partial charge in [-0.2, -0.15) is 5.10 Å². The van der Waals surface area contributed by atoms with Crippen LogP contribution in [-0.2, 0) is 26.1 Å². The fourth-order valence-electron chi connectivity index (χ4n) is 10.4. The third kappa shape index (κ3) is 8.73. The summed E-state index contributed by atoms with van der Waals surface area (Å²) in [6.45, 7) is 8.21. The van der Waals surface area contributed by atoms with Gasteiger partial charge in [0, 0.05) is 50.0 Å². The van der Waals surface area contributed by atoms with Crippen LogP contribution in [0.15, 0.2) is 48.7 Å². The number of esters is 1. The van der Waals surface area contributed by atoms with E-state index in [9.17, 15) is 18.0 Å². The number of carbonyl (C=O) groups is 2. The van der Waals surface area contributed by atoms with Crippen LogP contribution in [0.2, 0.25) is 0 Å². The lowest BCUT2D eigenvalue weighted by Crippen LogP contribution is -2.52. The second-order valence-corrected chi connectivity index (χ2v) is 20.8. The van der Waals surface area contributed by atoms with Gasteiger partial charge >= 0.3 is 5.97 Å². The number of amides is 1. The summed E-state index contributed by atoms with van der Waals surface area (Å²) < 4.78 is 37.7. The molecule has 1 saturated heterocycles. The number of rotatable bonds is 16. The van der Waals surface area contributed by atoms with Gasteiger partial charge in [0.1, 0.15) is 11.5 Å². The van der Waals surface area contributed by atoms with Gasteiger partial charge in [0.2, 0.25) is 10.0 Å². The first kappa shape index (κ1) is 41.4. The monoisotopic (exact) mass is 866 g/mol. The van der Waals surface area contributed by atoms with Crippen LogP contribution in [0.5, 0.6) is 0 Å². The van der Waals surface area contributed by atoms with E-state index in [0.29, 0.717) is 47.8 Å². The topological polar surface area (TPSA) is 177 Å². The van der Waals surface area contributed by atoms with E-state index in [4.69, 9.17) is 14.8 Å². The molecule has 0 atom stereocenters. The Bertz CT molecular complexity index is 2500. The number of unbranched alkanes of at least 4 members (excludes halogenated alkanes) is 1. The van der Waals surface area contributed by atoms with Gasteiger partial charge in [0.25, 0.3) is 5.91 Å². The van der Waals surface area contributed by atoms with Crippen molar-refractivity contribution < 1.29 is 22.7 Å². The molecular weight excluding hydrogens is 813 g/mol. The molecule has 17 heteroatoms. The first-order chi connectivity index (χ1) is 29.3. The number of nitrogens with zero attached hydrogens (tertiary/aromatic N) is 8. The van der Waals surface area contributed by atoms with Gasteiger partial charge in [-0.1, -0.05) is 36.8 Å². The van der Waals surface area contributed by atoms with E-state index in [-0.39, 0.29) is 35.3 Å². The maximum Gasteiger partial charge on any atom is 0.311 e. The summed E-state index contributed by atoms with van der Waals surface area (Å²) in [5.74, 6) is 2.16. The summed E-state index contributed by atoms with van der Waals surface area (Å²) in [4.78, 5) is 39.6. The van der Waals surface area contributed by atoms with Crippen molar-refractivity contribution in [3.63, 3.8) is 0 Å². The van der Waals surface area contributed by atoms with Crippen LogP contribution < -0.4 is 14.9 Å². The normalized spacial score (nSPS) is 22.3. The zero-order valence-electron chi connectivity index (χ0n) is 35.3. The second-order valence-electron chi connectivity index (χ2n) is 17.9. The van der Waals surface area contributed by atoms with E-state index in [1.165, 1.54) is 49.9 Å². The highest BCUT2D eigenvalue weighted by Gasteiger charge is 2.51. The summed E-state index contributed by atoms with van der Waals surface area (Å²) in [7, 11) is -2.31. The Hall–Kier alpha value is -5.00. The molecule has 61 heavy (non-hydrogen) atoms. The molecule has 5 aliphatic rings. The number of fused-ring (bicyclic) bond motifs is 1. The highest BCUT2D eigenvalue weighted by Crippen LogP contribution is 2.60. The van der Waals surface area contributed by atoms with E-state index in [2.05, 4.69) is 29.9 Å². The molecule has 1 aliphatic heterocycles. The number of thiazole rings is 1. The fourth-order valence-corrected chi connectivity index (χ4v) is 12.3. The average molecular weight is 867 g/mol. The van der Waals surface area contributed by atoms with Crippen molar-refractivity contribution in [2.45, 2.75) is 78.7 Å². The Morgan fingerprint density at radius 1 is 0.967 bits per heavy atom. The number of hydrogen-bond acceptors (Lipinski definition) is 14. The molecule has 15 nitrogen and oxygen atoms in total. The summed E-state index contributed by atoms with van der Waals surface area (Å²) in [6.07, 6.45) is 11.3. The highest BCUT2D eigenvalue weighted by atomic mass is 32.2. The van der Waals surface area contributed by atoms with E-state index in [1.807, 2.05) is 62.1 Å². The van der Waals surface area contributed by atoms with Crippen molar-refractivity contribution >= 4 is 66.0 Å². The van der Waals surface area contributed by atoms with Gasteiger partial charge in [-0.15, -0.1) is 10.2 Å². The lowest BCUT2D eigenvalue weighted by Gasteiger charge is -2.56. The zero-order chi connectivity index (χ0) is 42.5. The Balaban J connectivity index is 0.948. The molecule has 5 heterocycles. The number of aryl methyl sites for hydroxylation is 1. The van der Waals surface area contributed by atoms with Gasteiger partial charge in [0.15, 0.2) is 16.8 Å². The van der Waals surface area contributed by atoms with Crippen LogP contribution in [0.1, 0.15) is 80.0 Å². The molecule has 1 aromatic carbocycles. The van der Waals surface area contributed by atoms with Crippen LogP contribution in [0.25, 0.3) is 21.3 Å². The van der Waals surface area contributed by atoms with Gasteiger partial charge in [-0.3, -0.25) is 14.3 Å². The van der Waals surface area contributed by atoms with Crippen molar-refractivity contribution in [3.8, 4) is 11.1 Å². The minimum absolute atomic E-state index is 0.0389. The summed E-state index contributed by atoms with van der Waals surface area (Å²) in [6, 6.07) is 13.4. The number of benzene rings is 1. The summed E-state index contributed by atoms with van der Waals surface area (Å²) >= 11 is 1.53. The maximum atomic E-state index is 14.2. The maximum absolute atomic E-state index is 14.2. The van der Waals surface area contributed by atoms with Gasteiger partial charge in [0.05, 0.1) is 34.7 Å². The Morgan fingerprint density at radius 3 is 2.41 bits per heavy atom. The van der Waals surface area contributed by atoms with Gasteiger partial charge in [-0.05, 0) is 118 Å². The SMILES string of the molecule is CCCCOC(=O)C1CN(CCS(=O)(=O)NC(=O)c2nc(N(C)c3cc(C)c(Nc4nc5ccccc5s4)nn3)ccc2-c2cnn(CC34CC5CC(CC(C5)C3)C4)c2C)C1. The Kier molecular flexibility index (Phi) is 11.3. The van der Waals surface area contributed by atoms with Crippen molar-refractivity contribution in [3.05, 3.63) is 65.6 Å². The first-order valence-corrected chi connectivity index (χ1v) is 24.0. The van der Waals surface area contributed by atoms with E-state index >= 15 is 0 Å². The predicted molar refractivity (Wildman–Crippen MR) is 236 cm³/mol. The van der Waals surface area contributed by atoms with E-state index in [0.717, 1.165) is 64.2 Å². The minimum atomic E-state index is -4.09. The minimum Gasteiger partial charge on any atom is -0.465 e. The number of sulfonamides is 1. The third-order valence-corrected chi connectivity index (χ3v) is 15.4. The van der Waals surface area contributed by atoms with Crippen molar-refractivity contribution in [2.24, 2.45) is 29.1 Å². The molecule has 5 aromatic rings. The molecule has 4 aliphatic carbocycles. The number of anilines is 4. The number of hydrogen-bond donors (Lipinski definition) is 2. The number of para-hydroxylation sites is 1. The number of ether oxygens (including phenoxy) is 1. The second kappa shape index (κ2) is 16.7. The lowest BCUT2D eigenvalue weighted by molar-refractivity contribution is -0.154. The zero-order valence-corrected chi connectivity index (χ0v) is 36.9. The number of carbonyl (C=O) groups excluding carboxylic acids is 2. The van der Waals surface area contributed by atoms with E-state index in [1.54, 1.807) is 24.2 Å². The van der Waals surface area contributed by atoms with E-state index < -0.39 is 15.9 Å². The quantitative estimate of drug-likeness (QED) is 0.0765. The Labute approximate surface area is 360 Å². The third-order valence-electron chi connectivity index (χ3n) is 13.3. The number of likely N-dealkylation sites (tertiary alicyclic amines) is 1. The Morgan fingerprint density at radius 2 is 1.70 bits per heavy atom. The molecule has 4 aromatic heterocycles. The van der Waals surface area contributed by atoms with Crippen LogP contribution >= 0.6 is 11.3 Å². The molecule has 2 N–H and O–H groups in total.